The summed E-state index contributed by atoms with van der Waals surface area (Å²) in [5.74, 6) is 2.93. The third kappa shape index (κ3) is 3.19. The van der Waals surface area contributed by atoms with Gasteiger partial charge in [-0.15, -0.1) is 0 Å². The maximum atomic E-state index is 12.2. The first-order valence-electron chi connectivity index (χ1n) is 8.42. The Balaban J connectivity index is 1.41. The topological polar surface area (TPSA) is 38.3 Å². The van der Waals surface area contributed by atoms with Gasteiger partial charge in [0.25, 0.3) is 0 Å². The van der Waals surface area contributed by atoms with E-state index >= 15 is 0 Å². The molecule has 114 valence electrons. The Morgan fingerprint density at radius 3 is 2.45 bits per heavy atom. The molecular weight excluding hydrogens is 250 g/mol. The number of fused-ring (bicyclic) bond motifs is 1. The van der Waals surface area contributed by atoms with Gasteiger partial charge in [0.05, 0.1) is 0 Å². The fraction of sp³-hybridized carbons (Fsp3) is 0.941. The van der Waals surface area contributed by atoms with Crippen molar-refractivity contribution >= 4 is 5.91 Å². The van der Waals surface area contributed by atoms with Crippen LogP contribution in [0.1, 0.15) is 52.4 Å². The lowest BCUT2D eigenvalue weighted by Gasteiger charge is -2.32. The van der Waals surface area contributed by atoms with Crippen molar-refractivity contribution < 1.29 is 9.53 Å². The first-order valence-corrected chi connectivity index (χ1v) is 8.42. The van der Waals surface area contributed by atoms with Crippen LogP contribution in [0.5, 0.6) is 0 Å². The molecule has 3 rings (SSSR count). The van der Waals surface area contributed by atoms with Gasteiger partial charge in [0.2, 0.25) is 5.91 Å². The van der Waals surface area contributed by atoms with Crippen molar-refractivity contribution in [3.05, 3.63) is 0 Å². The molecule has 0 aromatic carbocycles. The van der Waals surface area contributed by atoms with Crippen LogP contribution in [0.2, 0.25) is 0 Å². The van der Waals surface area contributed by atoms with Crippen LogP contribution in [0, 0.1) is 29.1 Å². The van der Waals surface area contributed by atoms with E-state index in [1.165, 1.54) is 38.5 Å². The van der Waals surface area contributed by atoms with Gasteiger partial charge in [-0.2, -0.15) is 0 Å². The van der Waals surface area contributed by atoms with Crippen molar-refractivity contribution in [2.45, 2.75) is 52.4 Å². The van der Waals surface area contributed by atoms with Gasteiger partial charge in [-0.3, -0.25) is 4.79 Å². The van der Waals surface area contributed by atoms with Gasteiger partial charge < -0.3 is 10.1 Å². The van der Waals surface area contributed by atoms with Gasteiger partial charge in [-0.1, -0.05) is 20.3 Å². The number of carbonyl (C=O) groups excluding carboxylic acids is 1. The highest BCUT2D eigenvalue weighted by Gasteiger charge is 2.56. The van der Waals surface area contributed by atoms with Crippen LogP contribution >= 0.6 is 0 Å². The summed E-state index contributed by atoms with van der Waals surface area (Å²) in [6.45, 7) is 7.24. The van der Waals surface area contributed by atoms with Crippen molar-refractivity contribution in [3.8, 4) is 0 Å². The molecule has 1 aliphatic heterocycles. The number of hydrogen-bond acceptors (Lipinski definition) is 2. The average molecular weight is 279 g/mol. The summed E-state index contributed by atoms with van der Waals surface area (Å²) < 4.78 is 5.42. The predicted molar refractivity (Wildman–Crippen MR) is 79.3 cm³/mol. The Morgan fingerprint density at radius 1 is 1.15 bits per heavy atom. The highest BCUT2D eigenvalue weighted by molar-refractivity contribution is 5.82. The number of hydrogen-bond donors (Lipinski definition) is 1. The molecule has 3 fully saturated rings. The minimum absolute atomic E-state index is 0.210. The van der Waals surface area contributed by atoms with Crippen LogP contribution in [0.3, 0.4) is 0 Å². The molecule has 0 bridgehead atoms. The van der Waals surface area contributed by atoms with E-state index in [0.29, 0.717) is 11.8 Å². The van der Waals surface area contributed by atoms with Gasteiger partial charge in [0.15, 0.2) is 0 Å². The molecule has 0 aromatic rings. The smallest absolute Gasteiger partial charge is 0.223 e. The molecule has 1 N–H and O–H groups in total. The number of ether oxygens (including phenoxy) is 1. The van der Waals surface area contributed by atoms with E-state index in [9.17, 15) is 4.79 Å². The molecule has 1 heterocycles. The van der Waals surface area contributed by atoms with Gasteiger partial charge in [0.1, 0.15) is 0 Å². The van der Waals surface area contributed by atoms with Gasteiger partial charge in [0, 0.05) is 25.7 Å². The quantitative estimate of drug-likeness (QED) is 0.840. The van der Waals surface area contributed by atoms with E-state index in [1.54, 1.807) is 0 Å². The third-order valence-corrected chi connectivity index (χ3v) is 5.63. The van der Waals surface area contributed by atoms with Crippen molar-refractivity contribution in [2.75, 3.05) is 19.8 Å². The normalized spacial score (nSPS) is 33.8. The van der Waals surface area contributed by atoms with Crippen molar-refractivity contribution in [1.29, 1.82) is 0 Å². The van der Waals surface area contributed by atoms with E-state index < -0.39 is 0 Å². The summed E-state index contributed by atoms with van der Waals surface area (Å²) in [6.07, 6.45) is 7.49. The Hall–Kier alpha value is -0.570. The Kier molecular flexibility index (Phi) is 4.07. The number of amides is 1. The zero-order valence-electron chi connectivity index (χ0n) is 13.0. The molecular formula is C17H29NO2. The minimum atomic E-state index is 0.210. The first-order chi connectivity index (χ1) is 9.57. The minimum Gasteiger partial charge on any atom is -0.381 e. The second-order valence-electron chi connectivity index (χ2n) is 7.93. The summed E-state index contributed by atoms with van der Waals surface area (Å²) in [7, 11) is 0. The van der Waals surface area contributed by atoms with E-state index in [-0.39, 0.29) is 5.41 Å². The number of rotatable bonds is 5. The summed E-state index contributed by atoms with van der Waals surface area (Å²) in [6, 6.07) is 0. The zero-order valence-corrected chi connectivity index (χ0v) is 13.0. The monoisotopic (exact) mass is 279 g/mol. The van der Waals surface area contributed by atoms with Crippen molar-refractivity contribution in [2.24, 2.45) is 29.1 Å². The van der Waals surface area contributed by atoms with E-state index in [2.05, 4.69) is 19.2 Å². The van der Waals surface area contributed by atoms with Crippen molar-refractivity contribution in [3.63, 3.8) is 0 Å². The molecule has 2 saturated carbocycles. The van der Waals surface area contributed by atoms with Crippen molar-refractivity contribution in [1.82, 2.24) is 5.32 Å². The molecule has 2 aliphatic carbocycles. The summed E-state index contributed by atoms with van der Waals surface area (Å²) in [5, 5.41) is 3.23. The average Bonchev–Trinajstić information content (AvgIpc) is 2.90. The Labute approximate surface area is 122 Å². The fourth-order valence-corrected chi connectivity index (χ4v) is 4.46. The second-order valence-corrected chi connectivity index (χ2v) is 7.93. The standard InChI is InChI=1S/C17H29NO2/c1-17(2,10-12-6-8-20-9-7-12)11-18-16(19)15-13-4-3-5-14(13)15/h12-15H,3-11H2,1-2H3,(H,18,19)/t13-,14+,15?. The molecule has 0 aromatic heterocycles. The summed E-state index contributed by atoms with van der Waals surface area (Å²) in [4.78, 5) is 12.2. The molecule has 3 atom stereocenters. The maximum Gasteiger partial charge on any atom is 0.223 e. The van der Waals surface area contributed by atoms with E-state index in [0.717, 1.165) is 37.5 Å². The molecule has 3 heteroatoms. The number of carbonyl (C=O) groups is 1. The fourth-order valence-electron chi connectivity index (χ4n) is 4.46. The van der Waals surface area contributed by atoms with Crippen LogP contribution in [0.4, 0.5) is 0 Å². The van der Waals surface area contributed by atoms with Crippen LogP contribution in [0.25, 0.3) is 0 Å². The highest BCUT2D eigenvalue weighted by Crippen LogP contribution is 2.57. The molecule has 3 nitrogen and oxygen atoms in total. The van der Waals surface area contributed by atoms with Gasteiger partial charge >= 0.3 is 0 Å². The molecule has 3 aliphatic rings. The molecule has 0 radical (unpaired) electrons. The Bertz CT molecular complexity index is 350. The lowest BCUT2D eigenvalue weighted by Crippen LogP contribution is -2.37. The molecule has 1 saturated heterocycles. The number of nitrogens with one attached hydrogen (secondary N) is 1. The molecule has 0 spiro atoms. The maximum absolute atomic E-state index is 12.2. The summed E-state index contributed by atoms with van der Waals surface area (Å²) in [5.41, 5.74) is 0.210. The predicted octanol–water partition coefficient (Wildman–Crippen LogP) is 2.99. The molecule has 1 amide bonds. The van der Waals surface area contributed by atoms with Crippen LogP contribution < -0.4 is 5.32 Å². The Morgan fingerprint density at radius 2 is 1.80 bits per heavy atom. The van der Waals surface area contributed by atoms with Crippen LogP contribution in [0.15, 0.2) is 0 Å². The lowest BCUT2D eigenvalue weighted by molar-refractivity contribution is -0.123. The zero-order chi connectivity index (χ0) is 14.2. The SMILES string of the molecule is CC(C)(CNC(=O)C1[C@H]2CCC[C@@H]12)CC1CCOCC1. The first kappa shape index (κ1) is 14.4. The lowest BCUT2D eigenvalue weighted by atomic mass is 9.79. The third-order valence-electron chi connectivity index (χ3n) is 5.63. The van der Waals surface area contributed by atoms with Gasteiger partial charge in [-0.25, -0.2) is 0 Å². The van der Waals surface area contributed by atoms with Crippen LogP contribution in [-0.2, 0) is 9.53 Å². The molecule has 1 unspecified atom stereocenters. The summed E-state index contributed by atoms with van der Waals surface area (Å²) >= 11 is 0. The van der Waals surface area contributed by atoms with E-state index in [4.69, 9.17) is 4.74 Å². The van der Waals surface area contributed by atoms with Gasteiger partial charge in [-0.05, 0) is 55.3 Å². The highest BCUT2D eigenvalue weighted by atomic mass is 16.5. The van der Waals surface area contributed by atoms with E-state index in [1.807, 2.05) is 0 Å². The largest absolute Gasteiger partial charge is 0.381 e. The molecule has 20 heavy (non-hydrogen) atoms. The van der Waals surface area contributed by atoms with Crippen LogP contribution in [-0.4, -0.2) is 25.7 Å². The second kappa shape index (κ2) is 5.67.